The van der Waals surface area contributed by atoms with Gasteiger partial charge in [0.2, 0.25) is 0 Å². The van der Waals surface area contributed by atoms with Gasteiger partial charge in [0.25, 0.3) is 5.91 Å². The zero-order valence-electron chi connectivity index (χ0n) is 15.1. The quantitative estimate of drug-likeness (QED) is 0.644. The molecule has 1 aliphatic heterocycles. The number of nitrogens with zero attached hydrogens (tertiary/aromatic N) is 1. The van der Waals surface area contributed by atoms with E-state index in [1.165, 1.54) is 11.3 Å². The van der Waals surface area contributed by atoms with E-state index in [-0.39, 0.29) is 5.91 Å². The number of rotatable bonds is 4. The number of benzene rings is 2. The van der Waals surface area contributed by atoms with Gasteiger partial charge in [-0.05, 0) is 30.2 Å². The molecule has 1 aromatic heterocycles. The van der Waals surface area contributed by atoms with E-state index in [2.05, 4.69) is 10.3 Å². The summed E-state index contributed by atoms with van der Waals surface area (Å²) in [4.78, 5) is 30.0. The van der Waals surface area contributed by atoms with Crippen molar-refractivity contribution < 1.29 is 14.3 Å². The lowest BCUT2D eigenvalue weighted by molar-refractivity contribution is -0.125. The lowest BCUT2D eigenvalue weighted by Gasteiger charge is -2.23. The maximum absolute atomic E-state index is 12.6. The summed E-state index contributed by atoms with van der Waals surface area (Å²) in [5.74, 6) is -0.845. The summed E-state index contributed by atoms with van der Waals surface area (Å²) in [6.45, 7) is 1.91. The van der Waals surface area contributed by atoms with Gasteiger partial charge < -0.3 is 4.74 Å². The van der Waals surface area contributed by atoms with Crippen molar-refractivity contribution in [3.05, 3.63) is 80.8 Å². The number of hydrogen-bond donors (Lipinski definition) is 1. The van der Waals surface area contributed by atoms with E-state index < -0.39 is 12.1 Å². The Hall–Kier alpha value is -2.70. The van der Waals surface area contributed by atoms with Gasteiger partial charge >= 0.3 is 5.97 Å². The van der Waals surface area contributed by atoms with Gasteiger partial charge in [-0.15, -0.1) is 11.3 Å². The summed E-state index contributed by atoms with van der Waals surface area (Å²) < 4.78 is 5.33. The maximum atomic E-state index is 12.6. The van der Waals surface area contributed by atoms with E-state index in [1.807, 2.05) is 43.3 Å². The number of nitrogens with one attached hydrogen (secondary N) is 1. The molecular weight excluding hydrogens is 396 g/mol. The van der Waals surface area contributed by atoms with Gasteiger partial charge in [0.1, 0.15) is 0 Å². The largest absolute Gasteiger partial charge is 0.448 e. The van der Waals surface area contributed by atoms with Gasteiger partial charge in [-0.2, -0.15) is 0 Å². The number of aromatic nitrogens is 1. The Bertz CT molecular complexity index is 1060. The lowest BCUT2D eigenvalue weighted by atomic mass is 9.96. The number of carbonyl (C=O) groups excluding carboxylic acids is 2. The van der Waals surface area contributed by atoms with Crippen molar-refractivity contribution in [2.24, 2.45) is 0 Å². The highest BCUT2D eigenvalue weighted by Gasteiger charge is 2.31. The molecule has 1 aliphatic rings. The molecule has 1 amide bonds. The van der Waals surface area contributed by atoms with Crippen LogP contribution in [0, 0.1) is 6.92 Å². The van der Waals surface area contributed by atoms with Crippen LogP contribution in [0.5, 0.6) is 0 Å². The number of cyclic esters (lactones) is 1. The molecule has 0 saturated heterocycles. The highest BCUT2D eigenvalue weighted by atomic mass is 35.5. The van der Waals surface area contributed by atoms with Gasteiger partial charge in [0.15, 0.2) is 11.2 Å². The van der Waals surface area contributed by atoms with Crippen molar-refractivity contribution in [3.8, 4) is 0 Å². The summed E-state index contributed by atoms with van der Waals surface area (Å²) in [6, 6.07) is 13.2. The summed E-state index contributed by atoms with van der Waals surface area (Å²) in [5.41, 5.74) is 3.33. The van der Waals surface area contributed by atoms with Crippen LogP contribution in [0.25, 0.3) is 0 Å². The zero-order valence-corrected chi connectivity index (χ0v) is 16.6. The van der Waals surface area contributed by atoms with E-state index in [1.54, 1.807) is 12.3 Å². The van der Waals surface area contributed by atoms with Crippen LogP contribution in [-0.2, 0) is 22.4 Å². The van der Waals surface area contributed by atoms with Crippen molar-refractivity contribution in [1.82, 2.24) is 4.98 Å². The Morgan fingerprint density at radius 1 is 1.32 bits per heavy atom. The Balaban J connectivity index is 1.43. The van der Waals surface area contributed by atoms with E-state index >= 15 is 0 Å². The number of carbonyl (C=O) groups is 2. The van der Waals surface area contributed by atoms with Crippen molar-refractivity contribution in [3.63, 3.8) is 0 Å². The second-order valence-corrected chi connectivity index (χ2v) is 8.17. The van der Waals surface area contributed by atoms with Crippen LogP contribution in [0.15, 0.2) is 48.7 Å². The van der Waals surface area contributed by atoms with Crippen LogP contribution >= 0.6 is 22.9 Å². The number of anilines is 1. The first-order valence-corrected chi connectivity index (χ1v) is 9.98. The van der Waals surface area contributed by atoms with Gasteiger partial charge in [0.05, 0.1) is 5.56 Å². The predicted molar refractivity (Wildman–Crippen MR) is 109 cm³/mol. The second kappa shape index (κ2) is 7.73. The highest BCUT2D eigenvalue weighted by Crippen LogP contribution is 2.26. The van der Waals surface area contributed by atoms with Crippen molar-refractivity contribution >= 4 is 39.9 Å². The molecule has 4 rings (SSSR count). The summed E-state index contributed by atoms with van der Waals surface area (Å²) in [6.07, 6.45) is 1.84. The monoisotopic (exact) mass is 412 g/mol. The van der Waals surface area contributed by atoms with Crippen LogP contribution in [0.2, 0.25) is 5.02 Å². The first-order valence-electron chi connectivity index (χ1n) is 8.79. The average Bonchev–Trinajstić information content (AvgIpc) is 3.11. The van der Waals surface area contributed by atoms with E-state index in [9.17, 15) is 9.59 Å². The third kappa shape index (κ3) is 3.93. The molecule has 0 unspecified atom stereocenters. The SMILES string of the molecule is Cc1ccc2c(c1)C(=O)O[C@@H](C(=O)Nc1ncc(Cc3ccccc3Cl)s1)C2. The van der Waals surface area contributed by atoms with Crippen LogP contribution in [0.3, 0.4) is 0 Å². The first-order chi connectivity index (χ1) is 13.5. The normalized spacial score (nSPS) is 15.6. The Kier molecular flexibility index (Phi) is 5.15. The lowest BCUT2D eigenvalue weighted by Crippen LogP contribution is -2.38. The van der Waals surface area contributed by atoms with Crippen LogP contribution in [-0.4, -0.2) is 23.0 Å². The minimum absolute atomic E-state index is 0.352. The van der Waals surface area contributed by atoms with Crippen molar-refractivity contribution in [1.29, 1.82) is 0 Å². The van der Waals surface area contributed by atoms with Crippen LogP contribution in [0.4, 0.5) is 5.13 Å². The molecule has 5 nitrogen and oxygen atoms in total. The number of halogens is 1. The topological polar surface area (TPSA) is 68.3 Å². The third-order valence-corrected chi connectivity index (χ3v) is 5.82. The second-order valence-electron chi connectivity index (χ2n) is 6.65. The van der Waals surface area contributed by atoms with Gasteiger partial charge in [-0.1, -0.05) is 47.5 Å². The fourth-order valence-electron chi connectivity index (χ4n) is 3.10. The molecule has 0 fully saturated rings. The molecule has 0 radical (unpaired) electrons. The summed E-state index contributed by atoms with van der Waals surface area (Å²) >= 11 is 7.57. The molecule has 28 heavy (non-hydrogen) atoms. The highest BCUT2D eigenvalue weighted by molar-refractivity contribution is 7.15. The fourth-order valence-corrected chi connectivity index (χ4v) is 4.14. The number of thiazole rings is 1. The van der Waals surface area contributed by atoms with Crippen molar-refractivity contribution in [2.75, 3.05) is 5.32 Å². The van der Waals surface area contributed by atoms with Crippen LogP contribution < -0.4 is 5.32 Å². The standard InChI is InChI=1S/C21H17ClN2O3S/c1-12-6-7-13-10-18(27-20(26)16(13)8-12)19(25)24-21-23-11-15(28-21)9-14-4-2-3-5-17(14)22/h2-8,11,18H,9-10H2,1H3,(H,23,24,25)/t18-/m1/s1. The van der Waals surface area contributed by atoms with Crippen molar-refractivity contribution in [2.45, 2.75) is 25.9 Å². The number of aryl methyl sites for hydroxylation is 1. The fraction of sp³-hybridized carbons (Fsp3) is 0.190. The van der Waals surface area contributed by atoms with E-state index in [0.717, 1.165) is 21.6 Å². The summed E-state index contributed by atoms with van der Waals surface area (Å²) in [5, 5.41) is 3.92. The molecule has 1 N–H and O–H groups in total. The number of fused-ring (bicyclic) bond motifs is 1. The number of ether oxygens (including phenoxy) is 1. The molecule has 0 aliphatic carbocycles. The van der Waals surface area contributed by atoms with Gasteiger partial charge in [0, 0.05) is 28.9 Å². The minimum Gasteiger partial charge on any atom is -0.448 e. The van der Waals surface area contributed by atoms with Crippen LogP contribution in [0.1, 0.15) is 31.9 Å². The molecule has 0 spiro atoms. The molecule has 2 heterocycles. The van der Waals surface area contributed by atoms with Gasteiger partial charge in [-0.25, -0.2) is 9.78 Å². The summed E-state index contributed by atoms with van der Waals surface area (Å²) in [7, 11) is 0. The molecular formula is C21H17ClN2O3S. The first kappa shape index (κ1) is 18.7. The Labute approximate surface area is 171 Å². The molecule has 1 atom stereocenters. The smallest absolute Gasteiger partial charge is 0.339 e. The number of hydrogen-bond acceptors (Lipinski definition) is 5. The Morgan fingerprint density at radius 2 is 2.14 bits per heavy atom. The molecule has 142 valence electrons. The predicted octanol–water partition coefficient (Wildman–Crippen LogP) is 4.42. The zero-order chi connectivity index (χ0) is 19.7. The maximum Gasteiger partial charge on any atom is 0.339 e. The molecule has 0 bridgehead atoms. The van der Waals surface area contributed by atoms with Gasteiger partial charge in [-0.3, -0.25) is 10.1 Å². The third-order valence-electron chi connectivity index (χ3n) is 4.54. The molecule has 3 aromatic rings. The average molecular weight is 413 g/mol. The van der Waals surface area contributed by atoms with E-state index in [0.29, 0.717) is 28.6 Å². The Morgan fingerprint density at radius 3 is 2.96 bits per heavy atom. The molecule has 2 aromatic carbocycles. The molecule has 7 heteroatoms. The number of amides is 1. The van der Waals surface area contributed by atoms with E-state index in [4.69, 9.17) is 16.3 Å². The number of esters is 1. The molecule has 0 saturated carbocycles. The minimum atomic E-state index is -0.862.